The van der Waals surface area contributed by atoms with Crippen LogP contribution < -0.4 is 15.2 Å². The van der Waals surface area contributed by atoms with Crippen LogP contribution in [-0.2, 0) is 6.54 Å². The lowest BCUT2D eigenvalue weighted by atomic mass is 10.3. The van der Waals surface area contributed by atoms with Crippen molar-refractivity contribution in [3.8, 4) is 12.0 Å². The van der Waals surface area contributed by atoms with Gasteiger partial charge >= 0.3 is 6.01 Å². The van der Waals surface area contributed by atoms with Gasteiger partial charge in [0.2, 0.25) is 0 Å². The first kappa shape index (κ1) is 15.3. The van der Waals surface area contributed by atoms with E-state index in [1.165, 1.54) is 7.11 Å². The lowest BCUT2D eigenvalue weighted by molar-refractivity contribution is 0.314. The zero-order valence-corrected chi connectivity index (χ0v) is 13.4. The van der Waals surface area contributed by atoms with Crippen molar-refractivity contribution in [3.05, 3.63) is 29.0 Å². The summed E-state index contributed by atoms with van der Waals surface area (Å²) < 4.78 is 12.4. The second-order valence-electron chi connectivity index (χ2n) is 4.67. The van der Waals surface area contributed by atoms with Gasteiger partial charge in [-0.2, -0.15) is 15.0 Å². The number of hydrogen-bond donors (Lipinski definition) is 1. The van der Waals surface area contributed by atoms with Gasteiger partial charge in [-0.15, -0.1) is 0 Å². The molecule has 3 aromatic heterocycles. The first-order chi connectivity index (χ1) is 11.1. The summed E-state index contributed by atoms with van der Waals surface area (Å²) >= 11 is 5.81. The molecular formula is C14H15ClN6O2. The number of anilines is 1. The van der Waals surface area contributed by atoms with Crippen molar-refractivity contribution >= 4 is 28.6 Å². The molecule has 0 bridgehead atoms. The molecule has 23 heavy (non-hydrogen) atoms. The molecule has 0 amide bonds. The summed E-state index contributed by atoms with van der Waals surface area (Å²) in [6.45, 7) is 2.74. The SMILES string of the molecule is CCOc1nc(N)c2nc(OC)n(Cc3ccc(Cl)nc3)c2n1. The van der Waals surface area contributed by atoms with Crippen LogP contribution in [0.3, 0.4) is 0 Å². The van der Waals surface area contributed by atoms with Crippen LogP contribution in [0.1, 0.15) is 12.5 Å². The van der Waals surface area contributed by atoms with Gasteiger partial charge in [0.15, 0.2) is 17.0 Å². The Morgan fingerprint density at radius 2 is 2.09 bits per heavy atom. The van der Waals surface area contributed by atoms with Gasteiger partial charge in [-0.1, -0.05) is 17.7 Å². The summed E-state index contributed by atoms with van der Waals surface area (Å²) in [5.41, 5.74) is 7.86. The summed E-state index contributed by atoms with van der Waals surface area (Å²) in [6.07, 6.45) is 1.68. The van der Waals surface area contributed by atoms with Crippen molar-refractivity contribution in [2.75, 3.05) is 19.5 Å². The Kier molecular flexibility index (Phi) is 4.16. The highest BCUT2D eigenvalue weighted by molar-refractivity contribution is 6.29. The zero-order valence-electron chi connectivity index (χ0n) is 12.7. The first-order valence-corrected chi connectivity index (χ1v) is 7.31. The van der Waals surface area contributed by atoms with Crippen molar-refractivity contribution in [2.24, 2.45) is 0 Å². The van der Waals surface area contributed by atoms with Crippen LogP contribution in [0.5, 0.6) is 12.0 Å². The van der Waals surface area contributed by atoms with Gasteiger partial charge in [0.05, 0.1) is 20.3 Å². The molecule has 3 rings (SSSR count). The molecule has 0 aliphatic carbocycles. The lowest BCUT2D eigenvalue weighted by Gasteiger charge is -2.08. The number of aromatic nitrogens is 5. The third-order valence-corrected chi connectivity index (χ3v) is 3.38. The van der Waals surface area contributed by atoms with E-state index in [0.717, 1.165) is 5.56 Å². The molecule has 0 spiro atoms. The van der Waals surface area contributed by atoms with Crippen LogP contribution in [0.2, 0.25) is 5.15 Å². The fraction of sp³-hybridized carbons (Fsp3) is 0.286. The number of pyridine rings is 1. The largest absolute Gasteiger partial charge is 0.468 e. The number of hydrogen-bond acceptors (Lipinski definition) is 7. The molecule has 0 fully saturated rings. The van der Waals surface area contributed by atoms with Crippen molar-refractivity contribution in [1.82, 2.24) is 24.5 Å². The Balaban J connectivity index is 2.11. The van der Waals surface area contributed by atoms with E-state index in [-0.39, 0.29) is 11.8 Å². The van der Waals surface area contributed by atoms with Crippen LogP contribution in [0.15, 0.2) is 18.3 Å². The number of ether oxygens (including phenoxy) is 2. The van der Waals surface area contributed by atoms with Gasteiger partial charge in [0.25, 0.3) is 6.01 Å². The predicted octanol–water partition coefficient (Wildman–Crippen LogP) is 1.91. The van der Waals surface area contributed by atoms with E-state index in [1.54, 1.807) is 16.8 Å². The summed E-state index contributed by atoms with van der Waals surface area (Å²) in [6, 6.07) is 4.17. The van der Waals surface area contributed by atoms with Crippen molar-refractivity contribution in [3.63, 3.8) is 0 Å². The van der Waals surface area contributed by atoms with Gasteiger partial charge in [-0.25, -0.2) is 4.98 Å². The highest BCUT2D eigenvalue weighted by Gasteiger charge is 2.18. The minimum atomic E-state index is 0.204. The van der Waals surface area contributed by atoms with Crippen LogP contribution in [0, 0.1) is 0 Å². The number of fused-ring (bicyclic) bond motifs is 1. The second kappa shape index (κ2) is 6.25. The molecule has 120 valence electrons. The third-order valence-electron chi connectivity index (χ3n) is 3.15. The Labute approximate surface area is 137 Å². The molecule has 0 radical (unpaired) electrons. The summed E-state index contributed by atoms with van der Waals surface area (Å²) in [5.74, 6) is 0.240. The third kappa shape index (κ3) is 2.98. The molecule has 3 heterocycles. The van der Waals surface area contributed by atoms with Crippen molar-refractivity contribution in [1.29, 1.82) is 0 Å². The summed E-state index contributed by atoms with van der Waals surface area (Å²) in [5, 5.41) is 0.432. The van der Waals surface area contributed by atoms with E-state index in [4.69, 9.17) is 26.8 Å². The summed E-state index contributed by atoms with van der Waals surface area (Å²) in [4.78, 5) is 16.9. The smallest absolute Gasteiger partial charge is 0.320 e. The number of nitrogens with zero attached hydrogens (tertiary/aromatic N) is 5. The van der Waals surface area contributed by atoms with Crippen LogP contribution >= 0.6 is 11.6 Å². The number of rotatable bonds is 5. The Morgan fingerprint density at radius 1 is 1.26 bits per heavy atom. The molecular weight excluding hydrogens is 320 g/mol. The van der Waals surface area contributed by atoms with E-state index in [9.17, 15) is 0 Å². The molecule has 0 unspecified atom stereocenters. The van der Waals surface area contributed by atoms with Crippen LogP contribution in [0.4, 0.5) is 5.82 Å². The molecule has 0 atom stereocenters. The Morgan fingerprint density at radius 3 is 2.74 bits per heavy atom. The van der Waals surface area contributed by atoms with Crippen LogP contribution in [0.25, 0.3) is 11.2 Å². The first-order valence-electron chi connectivity index (χ1n) is 6.93. The van der Waals surface area contributed by atoms with Gasteiger partial charge in [0, 0.05) is 6.20 Å². The second-order valence-corrected chi connectivity index (χ2v) is 5.06. The Hall–Kier alpha value is -2.61. The topological polar surface area (TPSA) is 101 Å². The maximum Gasteiger partial charge on any atom is 0.320 e. The van der Waals surface area contributed by atoms with E-state index in [1.807, 2.05) is 13.0 Å². The number of methoxy groups -OCH3 is 1. The van der Waals surface area contributed by atoms with Gasteiger partial charge in [-0.05, 0) is 18.6 Å². The van der Waals surface area contributed by atoms with E-state index >= 15 is 0 Å². The van der Waals surface area contributed by atoms with Gasteiger partial charge < -0.3 is 15.2 Å². The van der Waals surface area contributed by atoms with E-state index in [0.29, 0.717) is 35.5 Å². The van der Waals surface area contributed by atoms with Crippen molar-refractivity contribution < 1.29 is 9.47 Å². The number of halogens is 1. The number of nitrogens with two attached hydrogens (primary N) is 1. The maximum absolute atomic E-state index is 5.95. The maximum atomic E-state index is 5.95. The molecule has 3 aromatic rings. The molecule has 0 aliphatic rings. The number of nitrogen functional groups attached to an aromatic ring is 1. The predicted molar refractivity (Wildman–Crippen MR) is 85.8 cm³/mol. The quantitative estimate of drug-likeness (QED) is 0.711. The standard InChI is InChI=1S/C14H15ClN6O2/c1-3-23-13-19-11(16)10-12(20-13)21(14(18-10)22-2)7-8-4-5-9(15)17-6-8/h4-6H,3,7H2,1-2H3,(H2,16,19,20). The van der Waals surface area contributed by atoms with Gasteiger partial charge in [0.1, 0.15) is 5.15 Å². The molecule has 0 saturated carbocycles. The monoisotopic (exact) mass is 334 g/mol. The Bertz CT molecular complexity index is 833. The zero-order chi connectivity index (χ0) is 16.4. The minimum Gasteiger partial charge on any atom is -0.468 e. The van der Waals surface area contributed by atoms with E-state index < -0.39 is 0 Å². The number of imidazole rings is 1. The van der Waals surface area contributed by atoms with Crippen LogP contribution in [-0.4, -0.2) is 38.2 Å². The van der Waals surface area contributed by atoms with Gasteiger partial charge in [-0.3, -0.25) is 4.57 Å². The molecule has 0 saturated heterocycles. The molecule has 0 aliphatic heterocycles. The molecule has 0 aromatic carbocycles. The highest BCUT2D eigenvalue weighted by atomic mass is 35.5. The van der Waals surface area contributed by atoms with Crippen molar-refractivity contribution in [2.45, 2.75) is 13.5 Å². The highest BCUT2D eigenvalue weighted by Crippen LogP contribution is 2.26. The minimum absolute atomic E-state index is 0.204. The fourth-order valence-electron chi connectivity index (χ4n) is 2.16. The lowest BCUT2D eigenvalue weighted by Crippen LogP contribution is -2.06. The molecule has 8 nitrogen and oxygen atoms in total. The average molecular weight is 335 g/mol. The summed E-state index contributed by atoms with van der Waals surface area (Å²) in [7, 11) is 1.53. The molecule has 9 heteroatoms. The fourth-order valence-corrected chi connectivity index (χ4v) is 2.27. The molecule has 2 N–H and O–H groups in total. The average Bonchev–Trinajstić information content (AvgIpc) is 2.88. The van der Waals surface area contributed by atoms with E-state index in [2.05, 4.69) is 19.9 Å². The normalized spacial score (nSPS) is 10.9.